The van der Waals surface area contributed by atoms with Crippen molar-refractivity contribution in [2.24, 2.45) is 4.99 Å². The fraction of sp³-hybridized carbons (Fsp3) is 0.429. The second kappa shape index (κ2) is 13.0. The van der Waals surface area contributed by atoms with Crippen LogP contribution in [0, 0.1) is 0 Å². The van der Waals surface area contributed by atoms with Crippen LogP contribution in [0.5, 0.6) is 0 Å². The van der Waals surface area contributed by atoms with Gasteiger partial charge in [-0.15, -0.1) is 24.0 Å². The van der Waals surface area contributed by atoms with Crippen molar-refractivity contribution in [1.82, 2.24) is 10.6 Å². The number of benzene rings is 1. The summed E-state index contributed by atoms with van der Waals surface area (Å²) in [5, 5.41) is 9.15. The summed E-state index contributed by atoms with van der Waals surface area (Å²) < 4.78 is 0.988. The first-order chi connectivity index (χ1) is 10.2. The maximum Gasteiger partial charge on any atom is 0.226 e. The lowest BCUT2D eigenvalue weighted by molar-refractivity contribution is -0.116. The Morgan fingerprint density at radius 1 is 1.23 bits per heavy atom. The maximum absolute atomic E-state index is 11.8. The van der Waals surface area contributed by atoms with Gasteiger partial charge in [-0.2, -0.15) is 11.8 Å². The summed E-state index contributed by atoms with van der Waals surface area (Å²) in [6, 6.07) is 7.51. The molecule has 0 bridgehead atoms. The molecule has 1 aromatic rings. The number of thioether (sulfide) groups is 1. The Morgan fingerprint density at radius 3 is 2.45 bits per heavy atom. The zero-order valence-electron chi connectivity index (χ0n) is 12.7. The Hall–Kier alpha value is -0.480. The van der Waals surface area contributed by atoms with E-state index in [1.807, 2.05) is 24.3 Å². The molecular weight excluding hydrogens is 479 g/mol. The van der Waals surface area contributed by atoms with E-state index in [2.05, 4.69) is 43.1 Å². The lowest BCUT2D eigenvalue weighted by Crippen LogP contribution is -2.39. The fourth-order valence-electron chi connectivity index (χ4n) is 1.54. The normalized spacial score (nSPS) is 10.6. The van der Waals surface area contributed by atoms with Crippen LogP contribution in [-0.4, -0.2) is 44.0 Å². The number of carbonyl (C=O) groups excluding carboxylic acids is 1. The van der Waals surface area contributed by atoms with E-state index in [1.54, 1.807) is 18.8 Å². The van der Waals surface area contributed by atoms with Gasteiger partial charge in [-0.3, -0.25) is 9.79 Å². The van der Waals surface area contributed by atoms with Crippen molar-refractivity contribution in [1.29, 1.82) is 0 Å². The number of nitrogens with zero attached hydrogens (tertiary/aromatic N) is 1. The lowest BCUT2D eigenvalue weighted by atomic mass is 10.3. The van der Waals surface area contributed by atoms with Gasteiger partial charge in [0.15, 0.2) is 5.96 Å². The van der Waals surface area contributed by atoms with Crippen LogP contribution in [0.2, 0.25) is 0 Å². The first-order valence-corrected chi connectivity index (χ1v) is 8.83. The third-order valence-corrected chi connectivity index (χ3v) is 3.74. The van der Waals surface area contributed by atoms with E-state index in [0.717, 1.165) is 28.4 Å². The van der Waals surface area contributed by atoms with Crippen LogP contribution >= 0.6 is 51.7 Å². The smallest absolute Gasteiger partial charge is 0.226 e. The first kappa shape index (κ1) is 21.5. The Labute approximate surface area is 161 Å². The highest BCUT2D eigenvalue weighted by Crippen LogP contribution is 2.14. The Kier molecular flexibility index (Phi) is 12.7. The lowest BCUT2D eigenvalue weighted by Gasteiger charge is -2.11. The van der Waals surface area contributed by atoms with E-state index in [-0.39, 0.29) is 29.9 Å². The van der Waals surface area contributed by atoms with Crippen molar-refractivity contribution in [2.75, 3.05) is 37.5 Å². The number of amides is 1. The van der Waals surface area contributed by atoms with Crippen molar-refractivity contribution in [3.63, 3.8) is 0 Å². The number of nitrogens with one attached hydrogen (secondary N) is 3. The van der Waals surface area contributed by atoms with Crippen molar-refractivity contribution in [3.05, 3.63) is 28.7 Å². The molecule has 0 saturated carbocycles. The summed E-state index contributed by atoms with van der Waals surface area (Å²) in [6.07, 6.45) is 2.45. The summed E-state index contributed by atoms with van der Waals surface area (Å²) in [6.45, 7) is 1.40. The van der Waals surface area contributed by atoms with Gasteiger partial charge in [0.05, 0.1) is 0 Å². The highest BCUT2D eigenvalue weighted by atomic mass is 127. The van der Waals surface area contributed by atoms with Crippen molar-refractivity contribution < 1.29 is 4.79 Å². The topological polar surface area (TPSA) is 65.5 Å². The number of hydrogen-bond donors (Lipinski definition) is 3. The number of rotatable bonds is 7. The molecule has 0 aliphatic carbocycles. The zero-order valence-corrected chi connectivity index (χ0v) is 17.4. The highest BCUT2D eigenvalue weighted by Gasteiger charge is 2.03. The molecule has 1 aromatic carbocycles. The second-order valence-corrected chi connectivity index (χ2v) is 6.12. The van der Waals surface area contributed by atoms with Gasteiger partial charge < -0.3 is 16.0 Å². The zero-order chi connectivity index (χ0) is 15.5. The number of guanidine groups is 1. The van der Waals surface area contributed by atoms with Gasteiger partial charge in [-0.25, -0.2) is 0 Å². The van der Waals surface area contributed by atoms with Crippen molar-refractivity contribution >= 4 is 69.2 Å². The molecule has 8 heteroatoms. The second-order valence-electron chi connectivity index (χ2n) is 4.22. The van der Waals surface area contributed by atoms with Crippen LogP contribution in [-0.2, 0) is 4.79 Å². The molecule has 1 amide bonds. The van der Waals surface area contributed by atoms with Gasteiger partial charge in [0, 0.05) is 42.5 Å². The summed E-state index contributed by atoms with van der Waals surface area (Å²) in [5.41, 5.74) is 0.797. The fourth-order valence-corrected chi connectivity index (χ4v) is 2.11. The van der Waals surface area contributed by atoms with Gasteiger partial charge in [0.1, 0.15) is 0 Å². The van der Waals surface area contributed by atoms with Crippen LogP contribution < -0.4 is 16.0 Å². The Balaban J connectivity index is 0.00000441. The molecule has 0 heterocycles. The maximum atomic E-state index is 11.8. The van der Waals surface area contributed by atoms with Crippen LogP contribution in [0.4, 0.5) is 5.69 Å². The number of halogens is 2. The van der Waals surface area contributed by atoms with Gasteiger partial charge in [-0.05, 0) is 30.5 Å². The predicted octanol–water partition coefficient (Wildman–Crippen LogP) is 2.92. The van der Waals surface area contributed by atoms with Crippen LogP contribution in [0.25, 0.3) is 0 Å². The van der Waals surface area contributed by atoms with E-state index >= 15 is 0 Å². The minimum absolute atomic E-state index is 0. The molecule has 1 rings (SSSR count). The van der Waals surface area contributed by atoms with Crippen LogP contribution in [0.15, 0.2) is 33.7 Å². The van der Waals surface area contributed by atoms with Crippen molar-refractivity contribution in [3.8, 4) is 0 Å². The van der Waals surface area contributed by atoms with E-state index in [1.165, 1.54) is 0 Å². The Morgan fingerprint density at radius 2 is 1.86 bits per heavy atom. The molecule has 0 unspecified atom stereocenters. The SMILES string of the molecule is CN=C(NCCSC)NCCC(=O)Nc1ccc(Br)cc1.I. The van der Waals surface area contributed by atoms with Gasteiger partial charge in [-0.1, -0.05) is 15.9 Å². The van der Waals surface area contributed by atoms with E-state index < -0.39 is 0 Å². The van der Waals surface area contributed by atoms with Crippen LogP contribution in [0.1, 0.15) is 6.42 Å². The van der Waals surface area contributed by atoms with Crippen LogP contribution in [0.3, 0.4) is 0 Å². The highest BCUT2D eigenvalue weighted by molar-refractivity contribution is 14.0. The first-order valence-electron chi connectivity index (χ1n) is 6.64. The number of hydrogen-bond acceptors (Lipinski definition) is 3. The number of aliphatic imine (C=N–C) groups is 1. The van der Waals surface area contributed by atoms with E-state index in [9.17, 15) is 4.79 Å². The molecule has 0 atom stereocenters. The monoisotopic (exact) mass is 500 g/mol. The molecular formula is C14H22BrIN4OS. The van der Waals surface area contributed by atoms with Gasteiger partial charge >= 0.3 is 0 Å². The molecule has 5 nitrogen and oxygen atoms in total. The largest absolute Gasteiger partial charge is 0.356 e. The summed E-state index contributed by atoms with van der Waals surface area (Å²) in [7, 11) is 1.72. The standard InChI is InChI=1S/C14H21BrN4OS.HI/c1-16-14(18-9-10-21-2)17-8-7-13(20)19-12-5-3-11(15)4-6-12;/h3-6H,7-10H2,1-2H3,(H,19,20)(H2,16,17,18);1H. The molecule has 22 heavy (non-hydrogen) atoms. The quantitative estimate of drug-likeness (QED) is 0.233. The minimum Gasteiger partial charge on any atom is -0.356 e. The third kappa shape index (κ3) is 9.52. The summed E-state index contributed by atoms with van der Waals surface area (Å²) in [5.74, 6) is 1.72. The molecule has 0 aliphatic heterocycles. The molecule has 0 spiro atoms. The average molecular weight is 501 g/mol. The molecule has 0 radical (unpaired) electrons. The molecule has 0 saturated heterocycles. The molecule has 0 fully saturated rings. The van der Waals surface area contributed by atoms with Crippen molar-refractivity contribution in [2.45, 2.75) is 6.42 Å². The molecule has 124 valence electrons. The number of carbonyl (C=O) groups is 1. The van der Waals surface area contributed by atoms with Gasteiger partial charge in [0.25, 0.3) is 0 Å². The minimum atomic E-state index is -0.0237. The summed E-state index contributed by atoms with van der Waals surface area (Å²) in [4.78, 5) is 15.9. The summed E-state index contributed by atoms with van der Waals surface area (Å²) >= 11 is 5.13. The Bertz CT molecular complexity index is 470. The van der Waals surface area contributed by atoms with E-state index in [0.29, 0.717) is 13.0 Å². The van der Waals surface area contributed by atoms with Gasteiger partial charge in [0.2, 0.25) is 5.91 Å². The predicted molar refractivity (Wildman–Crippen MR) is 111 cm³/mol. The molecule has 0 aromatic heterocycles. The number of anilines is 1. The molecule has 0 aliphatic rings. The average Bonchev–Trinajstić information content (AvgIpc) is 2.48. The third-order valence-electron chi connectivity index (χ3n) is 2.59. The van der Waals surface area contributed by atoms with E-state index in [4.69, 9.17) is 0 Å². The molecule has 3 N–H and O–H groups in total.